The fourth-order valence-corrected chi connectivity index (χ4v) is 7.17. The number of carbonyl (C=O) groups excluding carboxylic acids is 3. The van der Waals surface area contributed by atoms with Gasteiger partial charge in [-0.05, 0) is 67.1 Å². The Morgan fingerprint density at radius 1 is 1.02 bits per heavy atom. The molecule has 1 aliphatic heterocycles. The lowest BCUT2D eigenvalue weighted by Gasteiger charge is -2.49. The van der Waals surface area contributed by atoms with Gasteiger partial charge in [-0.25, -0.2) is 14.5 Å². The van der Waals surface area contributed by atoms with Crippen LogP contribution in [-0.4, -0.2) is 74.9 Å². The van der Waals surface area contributed by atoms with Gasteiger partial charge < -0.3 is 25.2 Å². The van der Waals surface area contributed by atoms with Crippen molar-refractivity contribution in [3.8, 4) is 16.9 Å². The van der Waals surface area contributed by atoms with Crippen LogP contribution in [0.15, 0.2) is 73.1 Å². The molecule has 2 aliphatic carbocycles. The first-order valence-electron chi connectivity index (χ1n) is 16.9. The third kappa shape index (κ3) is 5.60. The Kier molecular flexibility index (Phi) is 7.73. The second-order valence-electron chi connectivity index (χ2n) is 13.7. The SMILES string of the molecule is COc1c(Nc2cc(NC(=O)C3CC3)nn3ccnc23)cccc1-c1ccc2c(c1)C1(CCC1)CN(Cc1cccc(C(=O)N(C)C)n1)C2=O. The van der Waals surface area contributed by atoms with Crippen molar-refractivity contribution in [2.45, 2.75) is 44.1 Å². The van der Waals surface area contributed by atoms with Gasteiger partial charge in [0.2, 0.25) is 5.91 Å². The van der Waals surface area contributed by atoms with E-state index in [9.17, 15) is 14.4 Å². The number of nitrogens with one attached hydrogen (secondary N) is 2. The van der Waals surface area contributed by atoms with E-state index in [-0.39, 0.29) is 29.1 Å². The number of amides is 3. The quantitative estimate of drug-likeness (QED) is 0.205. The number of benzene rings is 2. The summed E-state index contributed by atoms with van der Waals surface area (Å²) in [5.74, 6) is 0.896. The van der Waals surface area contributed by atoms with Crippen molar-refractivity contribution in [2.75, 3.05) is 38.4 Å². The number of nitrogens with zero attached hydrogens (tertiary/aromatic N) is 6. The van der Waals surface area contributed by atoms with Gasteiger partial charge in [0.25, 0.3) is 11.8 Å². The van der Waals surface area contributed by atoms with E-state index in [1.165, 1.54) is 4.90 Å². The van der Waals surface area contributed by atoms with Gasteiger partial charge in [0.1, 0.15) is 11.4 Å². The van der Waals surface area contributed by atoms with Crippen LogP contribution < -0.4 is 15.4 Å². The first kappa shape index (κ1) is 31.5. The first-order valence-corrected chi connectivity index (χ1v) is 16.9. The van der Waals surface area contributed by atoms with Crippen molar-refractivity contribution >= 4 is 40.6 Å². The predicted molar refractivity (Wildman–Crippen MR) is 189 cm³/mol. The largest absolute Gasteiger partial charge is 0.494 e. The highest BCUT2D eigenvalue weighted by Gasteiger charge is 2.47. The van der Waals surface area contributed by atoms with Crippen molar-refractivity contribution < 1.29 is 19.1 Å². The number of aromatic nitrogens is 4. The maximum atomic E-state index is 14.0. The lowest BCUT2D eigenvalue weighted by Crippen LogP contribution is -2.52. The third-order valence-electron chi connectivity index (χ3n) is 10.1. The molecule has 2 saturated carbocycles. The Morgan fingerprint density at radius 2 is 1.84 bits per heavy atom. The minimum atomic E-state index is -0.169. The van der Waals surface area contributed by atoms with E-state index in [0.717, 1.165) is 54.5 Å². The van der Waals surface area contributed by atoms with Gasteiger partial charge in [-0.15, -0.1) is 5.10 Å². The van der Waals surface area contributed by atoms with Crippen LogP contribution in [0.3, 0.4) is 0 Å². The minimum Gasteiger partial charge on any atom is -0.494 e. The molecule has 4 heterocycles. The summed E-state index contributed by atoms with van der Waals surface area (Å²) in [6.45, 7) is 0.930. The number of rotatable bonds is 9. The van der Waals surface area contributed by atoms with Gasteiger partial charge in [0, 0.05) is 61.6 Å². The van der Waals surface area contributed by atoms with E-state index in [2.05, 4.69) is 31.8 Å². The molecule has 8 rings (SSSR count). The van der Waals surface area contributed by atoms with Crippen molar-refractivity contribution in [2.24, 2.45) is 5.92 Å². The molecule has 0 atom stereocenters. The topological polar surface area (TPSA) is 134 Å². The van der Waals surface area contributed by atoms with Gasteiger partial charge in [-0.3, -0.25) is 14.4 Å². The zero-order valence-corrected chi connectivity index (χ0v) is 28.3. The number of para-hydroxylation sites is 1. The molecule has 2 fully saturated rings. The monoisotopic (exact) mass is 670 g/mol. The minimum absolute atomic E-state index is 0.0249. The average Bonchev–Trinajstić information content (AvgIpc) is 3.85. The number of hydrogen-bond donors (Lipinski definition) is 2. The molecule has 0 saturated heterocycles. The molecule has 12 nitrogen and oxygen atoms in total. The zero-order chi connectivity index (χ0) is 34.6. The van der Waals surface area contributed by atoms with Crippen molar-refractivity contribution in [1.29, 1.82) is 0 Å². The van der Waals surface area contributed by atoms with Gasteiger partial charge >= 0.3 is 0 Å². The fourth-order valence-electron chi connectivity index (χ4n) is 7.17. The molecule has 2 aromatic carbocycles. The van der Waals surface area contributed by atoms with E-state index < -0.39 is 0 Å². The summed E-state index contributed by atoms with van der Waals surface area (Å²) in [5, 5.41) is 10.9. The van der Waals surface area contributed by atoms with E-state index in [0.29, 0.717) is 52.9 Å². The lowest BCUT2D eigenvalue weighted by molar-refractivity contribution is -0.117. The normalized spacial score (nSPS) is 16.1. The summed E-state index contributed by atoms with van der Waals surface area (Å²) in [6.07, 6.45) is 8.28. The van der Waals surface area contributed by atoms with E-state index in [1.807, 2.05) is 47.4 Å². The number of pyridine rings is 1. The maximum Gasteiger partial charge on any atom is 0.271 e. The Bertz CT molecular complexity index is 2170. The second-order valence-corrected chi connectivity index (χ2v) is 13.7. The first-order chi connectivity index (χ1) is 24.2. The van der Waals surface area contributed by atoms with Crippen LogP contribution in [0, 0.1) is 5.92 Å². The molecule has 3 aromatic heterocycles. The summed E-state index contributed by atoms with van der Waals surface area (Å²) in [6, 6.07) is 19.2. The summed E-state index contributed by atoms with van der Waals surface area (Å²) >= 11 is 0. The van der Waals surface area contributed by atoms with E-state index >= 15 is 0 Å². The van der Waals surface area contributed by atoms with Crippen LogP contribution >= 0.6 is 0 Å². The highest BCUT2D eigenvalue weighted by molar-refractivity contribution is 5.99. The van der Waals surface area contributed by atoms with Crippen LogP contribution in [0.5, 0.6) is 5.75 Å². The Morgan fingerprint density at radius 3 is 2.58 bits per heavy atom. The molecule has 3 aliphatic rings. The van der Waals surface area contributed by atoms with Crippen LogP contribution in [0.25, 0.3) is 16.8 Å². The molecule has 254 valence electrons. The van der Waals surface area contributed by atoms with Gasteiger partial charge in [0.15, 0.2) is 11.5 Å². The summed E-state index contributed by atoms with van der Waals surface area (Å²) in [5.41, 5.74) is 6.51. The molecule has 3 amide bonds. The molecule has 2 N–H and O–H groups in total. The fraction of sp³-hybridized carbons (Fsp3) is 0.316. The van der Waals surface area contributed by atoms with Gasteiger partial charge in [0.05, 0.1) is 30.7 Å². The maximum absolute atomic E-state index is 14.0. The Hall–Kier alpha value is -5.78. The number of hydrogen-bond acceptors (Lipinski definition) is 8. The summed E-state index contributed by atoms with van der Waals surface area (Å²) in [4.78, 5) is 51.5. The predicted octanol–water partition coefficient (Wildman–Crippen LogP) is 5.67. The third-order valence-corrected chi connectivity index (χ3v) is 10.1. The Labute approximate surface area is 289 Å². The smallest absolute Gasteiger partial charge is 0.271 e. The number of methoxy groups -OCH3 is 1. The molecule has 0 bridgehead atoms. The molecular weight excluding hydrogens is 632 g/mol. The number of anilines is 3. The zero-order valence-electron chi connectivity index (χ0n) is 28.3. The average molecular weight is 671 g/mol. The van der Waals surface area contributed by atoms with Crippen molar-refractivity contribution in [3.05, 3.63) is 95.6 Å². The number of ether oxygens (including phenoxy) is 1. The van der Waals surface area contributed by atoms with Crippen LogP contribution in [0.2, 0.25) is 0 Å². The molecule has 0 radical (unpaired) electrons. The van der Waals surface area contributed by atoms with Crippen LogP contribution in [0.4, 0.5) is 17.2 Å². The molecule has 12 heteroatoms. The summed E-state index contributed by atoms with van der Waals surface area (Å²) < 4.78 is 7.67. The highest BCUT2D eigenvalue weighted by atomic mass is 16.5. The Balaban J connectivity index is 1.10. The number of imidazole rings is 1. The molecule has 1 spiro atoms. The van der Waals surface area contributed by atoms with E-state index in [1.54, 1.807) is 50.2 Å². The van der Waals surface area contributed by atoms with Crippen LogP contribution in [-0.2, 0) is 16.8 Å². The van der Waals surface area contributed by atoms with Crippen LogP contribution in [0.1, 0.15) is 64.2 Å². The lowest BCUT2D eigenvalue weighted by atomic mass is 9.61. The summed E-state index contributed by atoms with van der Waals surface area (Å²) in [7, 11) is 5.05. The molecular formula is C38H38N8O4. The molecule has 50 heavy (non-hydrogen) atoms. The van der Waals surface area contributed by atoms with Gasteiger partial charge in [-0.2, -0.15) is 0 Å². The highest BCUT2D eigenvalue weighted by Crippen LogP contribution is 2.50. The molecule has 0 unspecified atom stereocenters. The molecule has 5 aromatic rings. The van der Waals surface area contributed by atoms with Crippen molar-refractivity contribution in [1.82, 2.24) is 29.4 Å². The number of fused-ring (bicyclic) bond motifs is 3. The van der Waals surface area contributed by atoms with Crippen molar-refractivity contribution in [3.63, 3.8) is 0 Å². The second kappa shape index (κ2) is 12.3. The van der Waals surface area contributed by atoms with E-state index in [4.69, 9.17) is 4.74 Å². The number of carbonyl (C=O) groups is 3. The van der Waals surface area contributed by atoms with Gasteiger partial charge in [-0.1, -0.05) is 30.7 Å². The standard InChI is InChI=1S/C38H38N8O4/c1-44(2)37(49)30-10-4-7-25(40-30)21-45-22-38(15-6-16-38)28-19-24(13-14-27(28)36(45)48)26-8-5-9-29(33(26)50-3)41-31-20-32(42-35(47)23-11-12-23)43-46-18-17-39-34(31)46/h4-5,7-10,13-14,17-20,23,41H,6,11-12,15-16,21-22H2,1-3H3,(H,42,43,47).